The molecular formula is C28H26N2O. The van der Waals surface area contributed by atoms with E-state index in [-0.39, 0.29) is 17.9 Å². The molecule has 154 valence electrons. The van der Waals surface area contributed by atoms with Gasteiger partial charge in [-0.3, -0.25) is 4.79 Å². The van der Waals surface area contributed by atoms with Gasteiger partial charge >= 0.3 is 0 Å². The lowest BCUT2D eigenvalue weighted by atomic mass is 9.77. The summed E-state index contributed by atoms with van der Waals surface area (Å²) in [4.78, 5) is 13.5. The van der Waals surface area contributed by atoms with E-state index in [2.05, 4.69) is 42.5 Å². The van der Waals surface area contributed by atoms with Crippen LogP contribution in [0.25, 0.3) is 6.08 Å². The standard InChI is InChI=1S/C28H26N2O/c1-20-15-17-23(18-16-20)28(31)30-27(22-11-6-3-7-12-22)25-14-8-13-24(26(25)29-30)19-21-9-4-2-5-10-21/h2-7,9-12,15-19,25,27H,8,13-14H2,1H3/b24-19+/t25-,27-/m1/s1. The first-order valence-corrected chi connectivity index (χ1v) is 11.0. The third-order valence-electron chi connectivity index (χ3n) is 6.29. The summed E-state index contributed by atoms with van der Waals surface area (Å²) < 4.78 is 0. The zero-order valence-electron chi connectivity index (χ0n) is 17.7. The van der Waals surface area contributed by atoms with E-state index >= 15 is 0 Å². The van der Waals surface area contributed by atoms with Crippen LogP contribution in [0.1, 0.15) is 52.4 Å². The summed E-state index contributed by atoms with van der Waals surface area (Å²) in [6.07, 6.45) is 5.39. The van der Waals surface area contributed by atoms with Gasteiger partial charge in [-0.2, -0.15) is 5.10 Å². The number of hydrogen-bond donors (Lipinski definition) is 0. The first kappa shape index (κ1) is 19.5. The third kappa shape index (κ3) is 3.84. The van der Waals surface area contributed by atoms with E-state index < -0.39 is 0 Å². The van der Waals surface area contributed by atoms with Crippen LogP contribution < -0.4 is 0 Å². The van der Waals surface area contributed by atoms with Gasteiger partial charge in [-0.1, -0.05) is 78.4 Å². The van der Waals surface area contributed by atoms with Crippen LogP contribution in [0.2, 0.25) is 0 Å². The first-order valence-electron chi connectivity index (χ1n) is 11.0. The molecule has 31 heavy (non-hydrogen) atoms. The average Bonchev–Trinajstić information content (AvgIpc) is 3.21. The molecule has 1 amide bonds. The fourth-order valence-electron chi connectivity index (χ4n) is 4.73. The van der Waals surface area contributed by atoms with Crippen molar-refractivity contribution >= 4 is 17.7 Å². The van der Waals surface area contributed by atoms with Crippen LogP contribution in [-0.2, 0) is 0 Å². The molecule has 2 atom stereocenters. The first-order chi connectivity index (χ1) is 15.2. The molecule has 1 heterocycles. The lowest BCUT2D eigenvalue weighted by molar-refractivity contribution is 0.0681. The van der Waals surface area contributed by atoms with E-state index in [0.717, 1.165) is 36.1 Å². The van der Waals surface area contributed by atoms with Gasteiger partial charge in [0, 0.05) is 11.5 Å². The molecule has 0 saturated heterocycles. The van der Waals surface area contributed by atoms with Crippen molar-refractivity contribution in [2.24, 2.45) is 11.0 Å². The minimum Gasteiger partial charge on any atom is -0.267 e. The number of fused-ring (bicyclic) bond motifs is 1. The van der Waals surface area contributed by atoms with Gasteiger partial charge in [0.15, 0.2) is 0 Å². The topological polar surface area (TPSA) is 32.7 Å². The number of amides is 1. The van der Waals surface area contributed by atoms with Gasteiger partial charge in [-0.25, -0.2) is 5.01 Å². The van der Waals surface area contributed by atoms with Crippen LogP contribution in [0.3, 0.4) is 0 Å². The summed E-state index contributed by atoms with van der Waals surface area (Å²) >= 11 is 0. The summed E-state index contributed by atoms with van der Waals surface area (Å²) in [6, 6.07) is 28.5. The Labute approximate surface area is 183 Å². The molecular weight excluding hydrogens is 380 g/mol. The molecule has 3 aromatic carbocycles. The quantitative estimate of drug-likeness (QED) is 0.493. The van der Waals surface area contributed by atoms with E-state index in [0.29, 0.717) is 5.56 Å². The van der Waals surface area contributed by atoms with Crippen molar-refractivity contribution in [1.82, 2.24) is 5.01 Å². The number of allylic oxidation sites excluding steroid dienone is 1. The van der Waals surface area contributed by atoms with E-state index in [1.807, 2.05) is 55.5 Å². The molecule has 0 radical (unpaired) electrons. The van der Waals surface area contributed by atoms with Gasteiger partial charge in [0.2, 0.25) is 0 Å². The second kappa shape index (κ2) is 8.35. The number of rotatable bonds is 3. The Balaban J connectivity index is 1.57. The normalized spacial score (nSPS) is 21.6. The van der Waals surface area contributed by atoms with E-state index in [4.69, 9.17) is 5.10 Å². The zero-order chi connectivity index (χ0) is 21.2. The zero-order valence-corrected chi connectivity index (χ0v) is 17.7. The number of carbonyl (C=O) groups excluding carboxylic acids is 1. The molecule has 3 aromatic rings. The Bertz CT molecular complexity index is 1130. The summed E-state index contributed by atoms with van der Waals surface area (Å²) in [5.41, 5.74) is 6.48. The van der Waals surface area contributed by atoms with E-state index in [1.54, 1.807) is 5.01 Å². The highest BCUT2D eigenvalue weighted by Gasteiger charge is 2.43. The fourth-order valence-corrected chi connectivity index (χ4v) is 4.73. The SMILES string of the molecule is Cc1ccc(C(=O)N2N=C3/C(=C/c4ccccc4)CCC[C@H]3[C@H]2c2ccccc2)cc1. The second-order valence-corrected chi connectivity index (χ2v) is 8.44. The molecule has 0 unspecified atom stereocenters. The number of nitrogens with zero attached hydrogens (tertiary/aromatic N) is 2. The molecule has 0 aromatic heterocycles. The summed E-state index contributed by atoms with van der Waals surface area (Å²) in [7, 11) is 0. The van der Waals surface area contributed by atoms with Crippen LogP contribution in [0.15, 0.2) is 95.6 Å². The summed E-state index contributed by atoms with van der Waals surface area (Å²) in [5.74, 6) is 0.190. The predicted octanol–water partition coefficient (Wildman–Crippen LogP) is 6.43. The second-order valence-electron chi connectivity index (χ2n) is 8.44. The molecule has 0 N–H and O–H groups in total. The number of hydrazone groups is 1. The van der Waals surface area contributed by atoms with Crippen molar-refractivity contribution in [3.63, 3.8) is 0 Å². The van der Waals surface area contributed by atoms with Gasteiger partial charge < -0.3 is 0 Å². The van der Waals surface area contributed by atoms with Gasteiger partial charge in [0.1, 0.15) is 0 Å². The van der Waals surface area contributed by atoms with Crippen LogP contribution >= 0.6 is 0 Å². The predicted molar refractivity (Wildman–Crippen MR) is 126 cm³/mol. The third-order valence-corrected chi connectivity index (χ3v) is 6.29. The smallest absolute Gasteiger partial charge is 0.267 e. The Morgan fingerprint density at radius 2 is 1.61 bits per heavy atom. The van der Waals surface area contributed by atoms with Crippen molar-refractivity contribution < 1.29 is 4.79 Å². The number of benzene rings is 3. The fraction of sp³-hybridized carbons (Fsp3) is 0.214. The Morgan fingerprint density at radius 1 is 0.935 bits per heavy atom. The Kier molecular flexibility index (Phi) is 5.25. The van der Waals surface area contributed by atoms with Crippen LogP contribution in [0.5, 0.6) is 0 Å². The van der Waals surface area contributed by atoms with Crippen LogP contribution in [0, 0.1) is 12.8 Å². The van der Waals surface area contributed by atoms with Gasteiger partial charge in [0.25, 0.3) is 5.91 Å². The summed E-state index contributed by atoms with van der Waals surface area (Å²) in [5, 5.41) is 6.72. The minimum absolute atomic E-state index is 0.0326. The van der Waals surface area contributed by atoms with Crippen LogP contribution in [-0.4, -0.2) is 16.6 Å². The van der Waals surface area contributed by atoms with Crippen LogP contribution in [0.4, 0.5) is 0 Å². The number of carbonyl (C=O) groups is 1. The van der Waals surface area contributed by atoms with Crippen molar-refractivity contribution in [3.8, 4) is 0 Å². The van der Waals surface area contributed by atoms with Crippen molar-refractivity contribution in [3.05, 3.63) is 113 Å². The maximum atomic E-state index is 13.5. The number of hydrogen-bond acceptors (Lipinski definition) is 2. The maximum Gasteiger partial charge on any atom is 0.274 e. The van der Waals surface area contributed by atoms with E-state index in [9.17, 15) is 4.79 Å². The Hall–Kier alpha value is -3.46. The van der Waals surface area contributed by atoms with E-state index in [1.165, 1.54) is 11.1 Å². The van der Waals surface area contributed by atoms with Crippen molar-refractivity contribution in [1.29, 1.82) is 0 Å². The molecule has 1 aliphatic carbocycles. The average molecular weight is 407 g/mol. The minimum atomic E-state index is -0.0653. The Morgan fingerprint density at radius 3 is 2.32 bits per heavy atom. The molecule has 1 fully saturated rings. The number of aryl methyl sites for hydroxylation is 1. The molecule has 1 saturated carbocycles. The monoisotopic (exact) mass is 406 g/mol. The van der Waals surface area contributed by atoms with Gasteiger partial charge in [-0.15, -0.1) is 0 Å². The molecule has 0 spiro atoms. The molecule has 5 rings (SSSR count). The maximum absolute atomic E-state index is 13.5. The highest BCUT2D eigenvalue weighted by molar-refractivity contribution is 6.09. The largest absolute Gasteiger partial charge is 0.274 e. The molecule has 2 aliphatic rings. The molecule has 3 nitrogen and oxygen atoms in total. The lowest BCUT2D eigenvalue weighted by Crippen LogP contribution is -2.31. The lowest BCUT2D eigenvalue weighted by Gasteiger charge is -2.29. The van der Waals surface area contributed by atoms with Gasteiger partial charge in [0.05, 0.1) is 11.8 Å². The van der Waals surface area contributed by atoms with Crippen molar-refractivity contribution in [2.45, 2.75) is 32.2 Å². The van der Waals surface area contributed by atoms with Gasteiger partial charge in [-0.05, 0) is 61.1 Å². The highest BCUT2D eigenvalue weighted by atomic mass is 16.2. The molecule has 3 heteroatoms. The van der Waals surface area contributed by atoms with Crippen molar-refractivity contribution in [2.75, 3.05) is 0 Å². The molecule has 0 bridgehead atoms. The molecule has 1 aliphatic heterocycles. The summed E-state index contributed by atoms with van der Waals surface area (Å²) in [6.45, 7) is 2.03. The highest BCUT2D eigenvalue weighted by Crippen LogP contribution is 2.44.